The summed E-state index contributed by atoms with van der Waals surface area (Å²) in [5, 5.41) is 11.2. The molecule has 1 atom stereocenters. The van der Waals surface area contributed by atoms with E-state index in [0.29, 0.717) is 38.2 Å². The largest absolute Gasteiger partial charge is 0.350 e. The van der Waals surface area contributed by atoms with Gasteiger partial charge < -0.3 is 5.32 Å². The predicted molar refractivity (Wildman–Crippen MR) is 107 cm³/mol. The van der Waals surface area contributed by atoms with Gasteiger partial charge in [0.2, 0.25) is 15.9 Å². The molecule has 2 aromatic rings. The van der Waals surface area contributed by atoms with Crippen molar-refractivity contribution in [2.45, 2.75) is 44.7 Å². The molecule has 1 fully saturated rings. The minimum atomic E-state index is -3.67. The lowest BCUT2D eigenvalue weighted by molar-refractivity contribution is -0.126. The zero-order valence-corrected chi connectivity index (χ0v) is 18.6. The molecule has 0 bridgehead atoms. The molecule has 3 heterocycles. The van der Waals surface area contributed by atoms with Crippen LogP contribution in [0.15, 0.2) is 21.8 Å². The Morgan fingerprint density at radius 1 is 1.36 bits per heavy atom. The molecule has 2 aromatic heterocycles. The van der Waals surface area contributed by atoms with Crippen LogP contribution in [0.25, 0.3) is 0 Å². The average molecular weight is 473 g/mol. The van der Waals surface area contributed by atoms with Crippen LogP contribution >= 0.6 is 15.9 Å². The smallest absolute Gasteiger partial charge is 0.246 e. The maximum absolute atomic E-state index is 13.0. The van der Waals surface area contributed by atoms with E-state index in [9.17, 15) is 13.2 Å². The summed E-state index contributed by atoms with van der Waals surface area (Å²) in [4.78, 5) is 12.9. The van der Waals surface area contributed by atoms with Gasteiger partial charge in [-0.25, -0.2) is 8.42 Å². The van der Waals surface area contributed by atoms with E-state index in [-0.39, 0.29) is 23.3 Å². The van der Waals surface area contributed by atoms with Gasteiger partial charge in [0, 0.05) is 26.7 Å². The van der Waals surface area contributed by atoms with E-state index in [1.54, 1.807) is 20.2 Å². The summed E-state index contributed by atoms with van der Waals surface area (Å²) in [6.07, 6.45) is 4.39. The fourth-order valence-electron chi connectivity index (χ4n) is 3.40. The quantitative estimate of drug-likeness (QED) is 0.684. The maximum Gasteiger partial charge on any atom is 0.246 e. The van der Waals surface area contributed by atoms with E-state index in [1.807, 2.05) is 11.6 Å². The molecule has 1 aliphatic rings. The van der Waals surface area contributed by atoms with E-state index in [1.165, 1.54) is 15.2 Å². The van der Waals surface area contributed by atoms with E-state index < -0.39 is 10.0 Å². The summed E-state index contributed by atoms with van der Waals surface area (Å²) >= 11 is 3.44. The van der Waals surface area contributed by atoms with Crippen LogP contribution in [0.4, 0.5) is 0 Å². The molecule has 154 valence electrons. The Bertz CT molecular complexity index is 968. The third kappa shape index (κ3) is 4.01. The van der Waals surface area contributed by atoms with Crippen molar-refractivity contribution in [3.05, 3.63) is 28.3 Å². The van der Waals surface area contributed by atoms with Crippen LogP contribution in [-0.2, 0) is 35.0 Å². The number of carbonyl (C=O) groups is 1. The van der Waals surface area contributed by atoms with E-state index in [4.69, 9.17) is 0 Å². The van der Waals surface area contributed by atoms with Gasteiger partial charge in [0.05, 0.1) is 40.7 Å². The van der Waals surface area contributed by atoms with Crippen molar-refractivity contribution in [1.29, 1.82) is 0 Å². The van der Waals surface area contributed by atoms with Gasteiger partial charge in [0.25, 0.3) is 0 Å². The number of amides is 1. The van der Waals surface area contributed by atoms with Crippen LogP contribution in [0.5, 0.6) is 0 Å². The van der Waals surface area contributed by atoms with Crippen molar-refractivity contribution in [2.75, 3.05) is 13.1 Å². The number of rotatable bonds is 6. The number of carbonyl (C=O) groups excluding carboxylic acids is 1. The van der Waals surface area contributed by atoms with Crippen molar-refractivity contribution in [2.24, 2.45) is 13.0 Å². The SMILES string of the molecule is CCn1ncc(Br)c1CNC(=O)[C@H]1CCCN(S(=O)(=O)c2cnn(C)c2C)C1. The molecule has 0 radical (unpaired) electrons. The second kappa shape index (κ2) is 8.34. The molecule has 0 aliphatic carbocycles. The molecule has 1 amide bonds. The van der Waals surface area contributed by atoms with Gasteiger partial charge in [-0.3, -0.25) is 14.2 Å². The molecule has 0 spiro atoms. The standard InChI is InChI=1S/C17H25BrN6O3S/c1-4-24-15(14(18)8-21-24)9-19-17(25)13-6-5-7-23(11-13)28(26,27)16-10-20-22(3)12(16)2/h8,10,13H,4-7,9,11H2,1-3H3,(H,19,25)/t13-/m0/s1. The fraction of sp³-hybridized carbons (Fsp3) is 0.588. The van der Waals surface area contributed by atoms with Crippen LogP contribution in [-0.4, -0.2) is 51.3 Å². The number of aryl methyl sites for hydroxylation is 2. The van der Waals surface area contributed by atoms with Gasteiger partial charge in [-0.05, 0) is 42.6 Å². The highest BCUT2D eigenvalue weighted by Gasteiger charge is 2.35. The highest BCUT2D eigenvalue weighted by atomic mass is 79.9. The lowest BCUT2D eigenvalue weighted by Gasteiger charge is -2.31. The number of aromatic nitrogens is 4. The lowest BCUT2D eigenvalue weighted by Crippen LogP contribution is -2.45. The van der Waals surface area contributed by atoms with Crippen molar-refractivity contribution in [3.8, 4) is 0 Å². The first-order valence-corrected chi connectivity index (χ1v) is 11.5. The van der Waals surface area contributed by atoms with Gasteiger partial charge in [0.15, 0.2) is 0 Å². The number of nitrogens with one attached hydrogen (secondary N) is 1. The summed E-state index contributed by atoms with van der Waals surface area (Å²) in [5.41, 5.74) is 1.48. The van der Waals surface area contributed by atoms with Gasteiger partial charge in [-0.15, -0.1) is 0 Å². The number of sulfonamides is 1. The maximum atomic E-state index is 13.0. The van der Waals surface area contributed by atoms with E-state index in [2.05, 4.69) is 31.4 Å². The highest BCUT2D eigenvalue weighted by Crippen LogP contribution is 2.25. The van der Waals surface area contributed by atoms with Crippen LogP contribution < -0.4 is 5.32 Å². The first kappa shape index (κ1) is 21.0. The fourth-order valence-corrected chi connectivity index (χ4v) is 5.54. The Labute approximate surface area is 173 Å². The van der Waals surface area contributed by atoms with Crippen LogP contribution in [0, 0.1) is 12.8 Å². The highest BCUT2D eigenvalue weighted by molar-refractivity contribution is 9.10. The summed E-state index contributed by atoms with van der Waals surface area (Å²) in [7, 11) is -1.96. The van der Waals surface area contributed by atoms with Gasteiger partial charge >= 0.3 is 0 Å². The molecular formula is C17H25BrN6O3S. The number of nitrogens with zero attached hydrogens (tertiary/aromatic N) is 5. The van der Waals surface area contributed by atoms with E-state index >= 15 is 0 Å². The molecule has 28 heavy (non-hydrogen) atoms. The second-order valence-corrected chi connectivity index (χ2v) is 9.65. The molecule has 3 rings (SSSR count). The molecule has 0 saturated carbocycles. The minimum Gasteiger partial charge on any atom is -0.350 e. The lowest BCUT2D eigenvalue weighted by atomic mass is 9.99. The summed E-state index contributed by atoms with van der Waals surface area (Å²) < 4.78 is 31.6. The normalized spacial score (nSPS) is 18.4. The van der Waals surface area contributed by atoms with Crippen molar-refractivity contribution in [1.82, 2.24) is 29.2 Å². The summed E-state index contributed by atoms with van der Waals surface area (Å²) in [5.74, 6) is -0.518. The van der Waals surface area contributed by atoms with Crippen molar-refractivity contribution >= 4 is 31.9 Å². The second-order valence-electron chi connectivity index (χ2n) is 6.89. The number of halogens is 1. The molecule has 1 saturated heterocycles. The van der Waals surface area contributed by atoms with Crippen LogP contribution in [0.3, 0.4) is 0 Å². The first-order valence-electron chi connectivity index (χ1n) is 9.22. The molecule has 9 nitrogen and oxygen atoms in total. The Kier molecular flexibility index (Phi) is 6.25. The topological polar surface area (TPSA) is 102 Å². The van der Waals surface area contributed by atoms with Crippen molar-refractivity contribution in [3.63, 3.8) is 0 Å². The molecule has 1 N–H and O–H groups in total. The molecule has 0 aromatic carbocycles. The average Bonchev–Trinajstić information content (AvgIpc) is 3.22. The Hall–Kier alpha value is -1.72. The van der Waals surface area contributed by atoms with Gasteiger partial charge in [0.1, 0.15) is 4.90 Å². The van der Waals surface area contributed by atoms with Gasteiger partial charge in [-0.2, -0.15) is 14.5 Å². The zero-order valence-electron chi connectivity index (χ0n) is 16.2. The monoisotopic (exact) mass is 472 g/mol. The predicted octanol–water partition coefficient (Wildman–Crippen LogP) is 1.42. The zero-order chi connectivity index (χ0) is 20.5. The number of hydrogen-bond acceptors (Lipinski definition) is 5. The summed E-state index contributed by atoms with van der Waals surface area (Å²) in [6, 6.07) is 0. The first-order chi connectivity index (χ1) is 13.3. The third-order valence-electron chi connectivity index (χ3n) is 5.19. The molecule has 1 aliphatic heterocycles. The minimum absolute atomic E-state index is 0.140. The van der Waals surface area contributed by atoms with Crippen LogP contribution in [0.2, 0.25) is 0 Å². The molecule has 0 unspecified atom stereocenters. The molecule has 11 heteroatoms. The van der Waals surface area contributed by atoms with Gasteiger partial charge in [-0.1, -0.05) is 0 Å². The number of piperidine rings is 1. The summed E-state index contributed by atoms with van der Waals surface area (Å²) in [6.45, 7) is 5.35. The Morgan fingerprint density at radius 2 is 2.11 bits per heavy atom. The van der Waals surface area contributed by atoms with Crippen LogP contribution in [0.1, 0.15) is 31.2 Å². The Balaban J connectivity index is 1.68. The van der Waals surface area contributed by atoms with E-state index in [0.717, 1.165) is 10.2 Å². The number of hydrogen-bond donors (Lipinski definition) is 1. The molecular weight excluding hydrogens is 448 g/mol. The Morgan fingerprint density at radius 3 is 2.75 bits per heavy atom. The van der Waals surface area contributed by atoms with Crippen molar-refractivity contribution < 1.29 is 13.2 Å². The third-order valence-corrected chi connectivity index (χ3v) is 7.82.